The summed E-state index contributed by atoms with van der Waals surface area (Å²) in [6, 6.07) is 13.3. The lowest BCUT2D eigenvalue weighted by Gasteiger charge is -2.33. The molecule has 1 N–H and O–H groups in total. The molecule has 1 fully saturated rings. The van der Waals surface area contributed by atoms with Crippen LogP contribution in [0.4, 0.5) is 4.79 Å². The molecular weight excluding hydrogens is 494 g/mol. The van der Waals surface area contributed by atoms with Crippen LogP contribution in [0.2, 0.25) is 0 Å². The van der Waals surface area contributed by atoms with Gasteiger partial charge in [-0.15, -0.1) is 0 Å². The fraction of sp³-hybridized carbons (Fsp3) is 0.400. The first-order chi connectivity index (χ1) is 18.9. The number of urea groups is 1. The maximum absolute atomic E-state index is 13.0. The van der Waals surface area contributed by atoms with E-state index in [1.54, 1.807) is 19.2 Å². The van der Waals surface area contributed by atoms with Crippen LogP contribution in [0.15, 0.2) is 53.3 Å². The molecule has 0 bridgehead atoms. The summed E-state index contributed by atoms with van der Waals surface area (Å²) < 4.78 is 16.6. The molecule has 1 aliphatic carbocycles. The quantitative estimate of drug-likeness (QED) is 0.396. The number of ether oxygens (including phenoxy) is 2. The van der Waals surface area contributed by atoms with Crippen molar-refractivity contribution < 1.29 is 18.8 Å². The number of nitrogens with one attached hydrogen (secondary N) is 1. The van der Waals surface area contributed by atoms with Gasteiger partial charge in [0.2, 0.25) is 5.82 Å². The molecule has 0 radical (unpaired) electrons. The third-order valence-corrected chi connectivity index (χ3v) is 7.44. The van der Waals surface area contributed by atoms with Crippen molar-refractivity contribution in [3.05, 3.63) is 65.4 Å². The van der Waals surface area contributed by atoms with Crippen molar-refractivity contribution in [2.24, 2.45) is 5.92 Å². The molecule has 1 saturated heterocycles. The van der Waals surface area contributed by atoms with E-state index in [0.717, 1.165) is 48.1 Å². The molecule has 1 aromatic heterocycles. The van der Waals surface area contributed by atoms with Gasteiger partial charge in [0.1, 0.15) is 11.8 Å². The van der Waals surface area contributed by atoms with E-state index in [1.807, 2.05) is 36.9 Å². The van der Waals surface area contributed by atoms with Crippen LogP contribution in [0.5, 0.6) is 5.75 Å². The zero-order valence-corrected chi connectivity index (χ0v) is 22.6. The second-order valence-corrected chi connectivity index (χ2v) is 10.3. The lowest BCUT2D eigenvalue weighted by molar-refractivity contribution is 0.152. The molecule has 3 aromatic rings. The third kappa shape index (κ3) is 5.46. The number of benzene rings is 2. The summed E-state index contributed by atoms with van der Waals surface area (Å²) >= 11 is 0. The van der Waals surface area contributed by atoms with Crippen molar-refractivity contribution >= 4 is 6.03 Å². The van der Waals surface area contributed by atoms with Crippen molar-refractivity contribution in [3.8, 4) is 34.7 Å². The largest absolute Gasteiger partial charge is 0.501 e. The molecule has 0 spiro atoms. The van der Waals surface area contributed by atoms with Gasteiger partial charge >= 0.3 is 6.03 Å². The molecule has 0 unspecified atom stereocenters. The number of nitriles is 1. The number of hydrogen-bond acceptors (Lipinski definition) is 7. The van der Waals surface area contributed by atoms with Gasteiger partial charge in [-0.2, -0.15) is 10.2 Å². The van der Waals surface area contributed by atoms with Crippen LogP contribution in [-0.4, -0.2) is 47.4 Å². The van der Waals surface area contributed by atoms with Gasteiger partial charge in [-0.3, -0.25) is 0 Å². The highest BCUT2D eigenvalue weighted by Gasteiger charge is 2.31. The predicted molar refractivity (Wildman–Crippen MR) is 146 cm³/mol. The van der Waals surface area contributed by atoms with Gasteiger partial charge < -0.3 is 24.2 Å². The Morgan fingerprint density at radius 3 is 2.74 bits per heavy atom. The van der Waals surface area contributed by atoms with E-state index in [1.165, 1.54) is 0 Å². The predicted octanol–water partition coefficient (Wildman–Crippen LogP) is 5.63. The Kier molecular flexibility index (Phi) is 7.55. The number of carbonyl (C=O) groups is 1. The molecule has 39 heavy (non-hydrogen) atoms. The molecule has 2 aliphatic rings. The second-order valence-electron chi connectivity index (χ2n) is 10.3. The number of hydrogen-bond donors (Lipinski definition) is 1. The Balaban J connectivity index is 1.30. The normalized spacial score (nSPS) is 17.0. The summed E-state index contributed by atoms with van der Waals surface area (Å²) in [4.78, 5) is 19.6. The Hall–Kier alpha value is -4.32. The highest BCUT2D eigenvalue weighted by molar-refractivity contribution is 5.76. The molecular formula is C30H33N5O4. The van der Waals surface area contributed by atoms with Gasteiger partial charge in [0, 0.05) is 30.1 Å². The van der Waals surface area contributed by atoms with Crippen LogP contribution >= 0.6 is 0 Å². The Labute approximate surface area is 228 Å². The SMILES string of the molecule is C=C(OC)C1CCN(C(=O)N[C@@H]2CCc3c(-c4noc(-c5ccc(OC(C)C)c(C#N)c5)n4)cccc32)CC1. The highest BCUT2D eigenvalue weighted by Crippen LogP contribution is 2.38. The topological polar surface area (TPSA) is 114 Å². The molecule has 0 saturated carbocycles. The van der Waals surface area contributed by atoms with Crippen LogP contribution in [0.3, 0.4) is 0 Å². The number of aromatic nitrogens is 2. The smallest absolute Gasteiger partial charge is 0.317 e. The number of allylic oxidation sites excluding steroid dienone is 1. The molecule has 9 heteroatoms. The van der Waals surface area contributed by atoms with Crippen LogP contribution < -0.4 is 10.1 Å². The summed E-state index contributed by atoms with van der Waals surface area (Å²) in [5.41, 5.74) is 4.14. The number of fused-ring (bicyclic) bond motifs is 1. The molecule has 2 aromatic carbocycles. The van der Waals surface area contributed by atoms with E-state index in [4.69, 9.17) is 14.0 Å². The average molecular weight is 528 g/mol. The number of carbonyl (C=O) groups excluding carboxylic acids is 1. The first-order valence-electron chi connectivity index (χ1n) is 13.3. The number of piperidine rings is 1. The number of nitrogens with zero attached hydrogens (tertiary/aromatic N) is 4. The highest BCUT2D eigenvalue weighted by atomic mass is 16.5. The van der Waals surface area contributed by atoms with Crippen LogP contribution in [-0.2, 0) is 11.2 Å². The summed E-state index contributed by atoms with van der Waals surface area (Å²) in [6.45, 7) is 9.16. The summed E-state index contributed by atoms with van der Waals surface area (Å²) in [6.07, 6.45) is 3.28. The van der Waals surface area contributed by atoms with Gasteiger partial charge in [-0.25, -0.2) is 4.79 Å². The van der Waals surface area contributed by atoms with E-state index < -0.39 is 0 Å². The minimum atomic E-state index is -0.0721. The van der Waals surface area contributed by atoms with E-state index in [-0.39, 0.29) is 18.2 Å². The fourth-order valence-electron chi connectivity index (χ4n) is 5.38. The van der Waals surface area contributed by atoms with E-state index >= 15 is 0 Å². The fourth-order valence-corrected chi connectivity index (χ4v) is 5.38. The van der Waals surface area contributed by atoms with E-state index in [0.29, 0.717) is 47.6 Å². The molecule has 2 heterocycles. The Bertz CT molecular complexity index is 1410. The molecule has 9 nitrogen and oxygen atoms in total. The molecule has 2 amide bonds. The minimum absolute atomic E-state index is 0.0414. The lowest BCUT2D eigenvalue weighted by Crippen LogP contribution is -2.45. The first kappa shape index (κ1) is 26.3. The first-order valence-corrected chi connectivity index (χ1v) is 13.3. The number of likely N-dealkylation sites (tertiary alicyclic amines) is 1. The van der Waals surface area contributed by atoms with Gasteiger partial charge in [0.15, 0.2) is 0 Å². The van der Waals surface area contributed by atoms with Crippen molar-refractivity contribution in [2.45, 2.75) is 51.7 Å². The number of amides is 2. The van der Waals surface area contributed by atoms with Crippen LogP contribution in [0.25, 0.3) is 22.8 Å². The zero-order chi connectivity index (χ0) is 27.5. The summed E-state index contributed by atoms with van der Waals surface area (Å²) in [7, 11) is 1.65. The van der Waals surface area contributed by atoms with Gasteiger partial charge in [-0.05, 0) is 68.9 Å². The molecule has 5 rings (SSSR count). The third-order valence-electron chi connectivity index (χ3n) is 7.44. The molecule has 1 aliphatic heterocycles. The Morgan fingerprint density at radius 1 is 1.23 bits per heavy atom. The maximum Gasteiger partial charge on any atom is 0.317 e. The van der Waals surface area contributed by atoms with Gasteiger partial charge in [0.25, 0.3) is 5.89 Å². The van der Waals surface area contributed by atoms with Crippen molar-refractivity contribution in [3.63, 3.8) is 0 Å². The number of rotatable bonds is 7. The summed E-state index contributed by atoms with van der Waals surface area (Å²) in [5, 5.41) is 17.0. The Morgan fingerprint density at radius 2 is 2.03 bits per heavy atom. The van der Waals surface area contributed by atoms with Gasteiger partial charge in [0.05, 0.1) is 30.6 Å². The van der Waals surface area contributed by atoms with Crippen LogP contribution in [0.1, 0.15) is 55.8 Å². The van der Waals surface area contributed by atoms with Crippen molar-refractivity contribution in [1.29, 1.82) is 5.26 Å². The standard InChI is InChI=1S/C30H33N5O4/c1-18(2)38-27-11-8-21(16-22(27)17-31)29-33-28(34-39-29)25-7-5-6-24-23(25)9-10-26(24)32-30(36)35-14-12-20(13-15-35)19(3)37-4/h5-8,11,16,18,20,26H,3,9-10,12-15H2,1-2,4H3,(H,32,36)/t26-/m1/s1. The molecule has 202 valence electrons. The summed E-state index contributed by atoms with van der Waals surface area (Å²) in [5.74, 6) is 2.42. The monoisotopic (exact) mass is 527 g/mol. The van der Waals surface area contributed by atoms with Crippen LogP contribution in [0, 0.1) is 17.2 Å². The van der Waals surface area contributed by atoms with E-state index in [9.17, 15) is 10.1 Å². The van der Waals surface area contributed by atoms with E-state index in [2.05, 4.69) is 34.2 Å². The lowest BCUT2D eigenvalue weighted by atomic mass is 9.95. The maximum atomic E-state index is 13.0. The minimum Gasteiger partial charge on any atom is -0.501 e. The zero-order valence-electron chi connectivity index (χ0n) is 22.6. The second kappa shape index (κ2) is 11.2. The average Bonchev–Trinajstić information content (AvgIpc) is 3.60. The molecule has 1 atom stereocenters. The van der Waals surface area contributed by atoms with Gasteiger partial charge in [-0.1, -0.05) is 29.9 Å². The van der Waals surface area contributed by atoms with Crippen molar-refractivity contribution in [2.75, 3.05) is 20.2 Å². The van der Waals surface area contributed by atoms with Crippen molar-refractivity contribution in [1.82, 2.24) is 20.4 Å². The number of methoxy groups -OCH3 is 1.